The van der Waals surface area contributed by atoms with Crippen LogP contribution in [0.2, 0.25) is 0 Å². The molecular formula is C13H8N4O4. The summed E-state index contributed by atoms with van der Waals surface area (Å²) in [6.07, 6.45) is 0.849. The van der Waals surface area contributed by atoms with Crippen LogP contribution in [0.5, 0.6) is 5.88 Å². The molecule has 0 aliphatic carbocycles. The van der Waals surface area contributed by atoms with Crippen molar-refractivity contribution in [2.24, 2.45) is 0 Å². The number of nitrogens with one attached hydrogen (secondary N) is 1. The lowest BCUT2D eigenvalue weighted by Crippen LogP contribution is -2.17. The van der Waals surface area contributed by atoms with E-state index in [-0.39, 0.29) is 5.69 Å². The van der Waals surface area contributed by atoms with Crippen LogP contribution in [0.25, 0.3) is 0 Å². The Balaban J connectivity index is 2.20. The summed E-state index contributed by atoms with van der Waals surface area (Å²) in [5, 5.41) is 19.7. The van der Waals surface area contributed by atoms with Gasteiger partial charge in [-0.05, 0) is 24.3 Å². The van der Waals surface area contributed by atoms with Gasteiger partial charge in [0.05, 0.1) is 11.6 Å². The molecule has 0 saturated heterocycles. The Morgan fingerprint density at radius 1 is 1.19 bits per heavy atom. The normalized spacial score (nSPS) is 9.48. The number of hydrogen-bond donors (Lipinski definition) is 2. The molecule has 0 aliphatic heterocycles. The van der Waals surface area contributed by atoms with Crippen molar-refractivity contribution in [3.63, 3.8) is 0 Å². The molecule has 0 fully saturated rings. The topological polar surface area (TPSA) is 125 Å². The second-order valence-electron chi connectivity index (χ2n) is 3.72. The Bertz CT molecular complexity index is 722. The summed E-state index contributed by atoms with van der Waals surface area (Å²) in [4.78, 5) is 29.9. The molecule has 8 heteroatoms. The van der Waals surface area contributed by atoms with Gasteiger partial charge >= 0.3 is 6.16 Å². The van der Waals surface area contributed by atoms with Gasteiger partial charge in [0.15, 0.2) is 5.69 Å². The van der Waals surface area contributed by atoms with Crippen molar-refractivity contribution in [1.29, 1.82) is 5.26 Å². The number of rotatable bonds is 3. The van der Waals surface area contributed by atoms with Crippen molar-refractivity contribution >= 4 is 17.7 Å². The van der Waals surface area contributed by atoms with E-state index in [1.54, 1.807) is 0 Å². The Morgan fingerprint density at radius 3 is 2.48 bits per heavy atom. The van der Waals surface area contributed by atoms with Gasteiger partial charge in [0.1, 0.15) is 0 Å². The van der Waals surface area contributed by atoms with Crippen LogP contribution in [-0.4, -0.2) is 27.1 Å². The van der Waals surface area contributed by atoms with Crippen LogP contribution in [0.1, 0.15) is 16.1 Å². The first-order chi connectivity index (χ1) is 10.1. The minimum absolute atomic E-state index is 0.260. The summed E-state index contributed by atoms with van der Waals surface area (Å²) in [5.41, 5.74) is 0.609. The number of anilines is 1. The fourth-order valence-corrected chi connectivity index (χ4v) is 1.46. The third-order valence-electron chi connectivity index (χ3n) is 2.34. The molecule has 2 N–H and O–H groups in total. The molecule has 104 valence electrons. The van der Waals surface area contributed by atoms with Crippen molar-refractivity contribution in [3.8, 4) is 11.9 Å². The van der Waals surface area contributed by atoms with Crippen LogP contribution in [-0.2, 0) is 0 Å². The fourth-order valence-electron chi connectivity index (χ4n) is 1.46. The van der Waals surface area contributed by atoms with Crippen molar-refractivity contribution in [1.82, 2.24) is 9.97 Å². The van der Waals surface area contributed by atoms with Gasteiger partial charge in [-0.3, -0.25) is 4.79 Å². The summed E-state index contributed by atoms with van der Waals surface area (Å²) in [6, 6.07) is 8.07. The van der Waals surface area contributed by atoms with E-state index >= 15 is 0 Å². The van der Waals surface area contributed by atoms with Gasteiger partial charge in [0, 0.05) is 18.1 Å². The predicted octanol–water partition coefficient (Wildman–Crippen LogP) is 1.66. The van der Waals surface area contributed by atoms with Crippen LogP contribution >= 0.6 is 0 Å². The van der Waals surface area contributed by atoms with E-state index < -0.39 is 17.9 Å². The molecule has 2 rings (SSSR count). The van der Waals surface area contributed by atoms with Gasteiger partial charge in [-0.25, -0.2) is 14.8 Å². The number of benzene rings is 1. The van der Waals surface area contributed by atoms with Crippen LogP contribution in [0, 0.1) is 11.3 Å². The first kappa shape index (κ1) is 14.0. The first-order valence-corrected chi connectivity index (χ1v) is 5.63. The smallest absolute Gasteiger partial charge is 0.449 e. The molecule has 2 aromatic rings. The second-order valence-corrected chi connectivity index (χ2v) is 3.72. The summed E-state index contributed by atoms with van der Waals surface area (Å²) >= 11 is 0. The van der Waals surface area contributed by atoms with Crippen LogP contribution in [0.4, 0.5) is 10.5 Å². The zero-order valence-electron chi connectivity index (χ0n) is 10.5. The number of carboxylic acid groups (broad SMARTS) is 1. The molecule has 0 aliphatic rings. The minimum Gasteiger partial charge on any atom is -0.449 e. The average Bonchev–Trinajstić information content (AvgIpc) is 2.48. The molecule has 1 aromatic carbocycles. The van der Waals surface area contributed by atoms with Gasteiger partial charge in [-0.15, -0.1) is 0 Å². The van der Waals surface area contributed by atoms with E-state index in [0.717, 1.165) is 0 Å². The maximum absolute atomic E-state index is 12.0. The lowest BCUT2D eigenvalue weighted by Gasteiger charge is -2.07. The summed E-state index contributed by atoms with van der Waals surface area (Å²) in [7, 11) is 0. The van der Waals surface area contributed by atoms with Crippen molar-refractivity contribution in [2.45, 2.75) is 0 Å². The highest BCUT2D eigenvalue weighted by atomic mass is 16.7. The Morgan fingerprint density at radius 2 is 1.86 bits per heavy atom. The van der Waals surface area contributed by atoms with Crippen LogP contribution in [0.3, 0.4) is 0 Å². The first-order valence-electron chi connectivity index (χ1n) is 5.63. The van der Waals surface area contributed by atoms with E-state index in [1.165, 1.54) is 36.7 Å². The highest BCUT2D eigenvalue weighted by Crippen LogP contribution is 2.15. The zero-order valence-corrected chi connectivity index (χ0v) is 10.5. The van der Waals surface area contributed by atoms with Crippen LogP contribution in [0.15, 0.2) is 36.7 Å². The van der Waals surface area contributed by atoms with E-state index in [9.17, 15) is 9.59 Å². The van der Waals surface area contributed by atoms with E-state index in [0.29, 0.717) is 11.3 Å². The summed E-state index contributed by atoms with van der Waals surface area (Å²) in [5.74, 6) is -1.08. The van der Waals surface area contributed by atoms with E-state index in [2.05, 4.69) is 20.0 Å². The van der Waals surface area contributed by atoms with Crippen LogP contribution < -0.4 is 10.1 Å². The van der Waals surface area contributed by atoms with Gasteiger partial charge in [-0.2, -0.15) is 5.26 Å². The average molecular weight is 284 g/mol. The van der Waals surface area contributed by atoms with E-state index in [1.807, 2.05) is 6.07 Å². The lowest BCUT2D eigenvalue weighted by molar-refractivity contribution is 0.101. The summed E-state index contributed by atoms with van der Waals surface area (Å²) < 4.78 is 4.38. The Labute approximate surface area is 118 Å². The quantitative estimate of drug-likeness (QED) is 0.821. The molecule has 21 heavy (non-hydrogen) atoms. The molecule has 0 bridgehead atoms. The summed E-state index contributed by atoms with van der Waals surface area (Å²) in [6.45, 7) is 0. The third-order valence-corrected chi connectivity index (χ3v) is 2.34. The molecular weight excluding hydrogens is 276 g/mol. The van der Waals surface area contributed by atoms with Gasteiger partial charge in [0.25, 0.3) is 11.8 Å². The number of ether oxygens (including phenoxy) is 1. The number of aromatic nitrogens is 2. The second kappa shape index (κ2) is 6.12. The Kier molecular flexibility index (Phi) is 4.06. The molecule has 0 unspecified atom stereocenters. The van der Waals surface area contributed by atoms with E-state index in [4.69, 9.17) is 10.4 Å². The maximum Gasteiger partial charge on any atom is 0.512 e. The highest BCUT2D eigenvalue weighted by molar-refractivity contribution is 6.04. The lowest BCUT2D eigenvalue weighted by atomic mass is 10.2. The molecule has 8 nitrogen and oxygen atoms in total. The predicted molar refractivity (Wildman–Crippen MR) is 69.8 cm³/mol. The van der Waals surface area contributed by atoms with Crippen molar-refractivity contribution < 1.29 is 19.4 Å². The number of nitriles is 1. The number of amides is 1. The largest absolute Gasteiger partial charge is 0.512 e. The van der Waals surface area contributed by atoms with Gasteiger partial charge in [-0.1, -0.05) is 0 Å². The molecule has 1 heterocycles. The minimum atomic E-state index is -1.59. The number of hydrogen-bond acceptors (Lipinski definition) is 6. The van der Waals surface area contributed by atoms with Crippen molar-refractivity contribution in [2.75, 3.05) is 5.32 Å². The molecule has 1 amide bonds. The number of carbonyl (C=O) groups is 2. The highest BCUT2D eigenvalue weighted by Gasteiger charge is 2.18. The molecule has 1 aromatic heterocycles. The monoisotopic (exact) mass is 284 g/mol. The van der Waals surface area contributed by atoms with Crippen molar-refractivity contribution in [3.05, 3.63) is 47.9 Å². The molecule has 0 spiro atoms. The standard InChI is InChI=1S/C13H8N4O4/c14-7-8-1-3-9(4-2-8)17-11(18)10-12(21-13(19)20)16-6-5-15-10/h1-6H,(H,17,18)(H,19,20). The SMILES string of the molecule is N#Cc1ccc(NC(=O)c2nccnc2OC(=O)O)cc1. The molecule has 0 atom stereocenters. The molecule has 0 saturated carbocycles. The molecule has 0 radical (unpaired) electrons. The Hall–Kier alpha value is -3.47. The van der Waals surface area contributed by atoms with Gasteiger partial charge in [0.2, 0.25) is 0 Å². The number of carbonyl (C=O) groups excluding carboxylic acids is 1. The maximum atomic E-state index is 12.0. The van der Waals surface area contributed by atoms with Gasteiger partial charge < -0.3 is 15.2 Å². The zero-order chi connectivity index (χ0) is 15.2. The third kappa shape index (κ3) is 3.51. The fraction of sp³-hybridized carbons (Fsp3) is 0. The number of nitrogens with zero attached hydrogens (tertiary/aromatic N) is 3.